The van der Waals surface area contributed by atoms with Gasteiger partial charge < -0.3 is 20.7 Å². The zero-order chi connectivity index (χ0) is 24.6. The molecule has 1 aliphatic rings. The standard InChI is InChI=1S/C28H29ClN4O2/c1-3-35-16-15-30-28(34)32-23-12-9-21(10-13-23)27-24-18-22(29)11-14-25(24)31-19(2)26(33-27)17-20-7-5-4-6-8-20/h4-14,18,26,31H,2-3,15-17H2,1H3,(H2,30,32,34). The van der Waals surface area contributed by atoms with Gasteiger partial charge >= 0.3 is 6.03 Å². The van der Waals surface area contributed by atoms with Crippen LogP contribution in [0.15, 0.2) is 90.1 Å². The lowest BCUT2D eigenvalue weighted by Gasteiger charge is -2.15. The first-order valence-electron chi connectivity index (χ1n) is 11.6. The van der Waals surface area contributed by atoms with Crippen molar-refractivity contribution in [2.24, 2.45) is 4.99 Å². The number of ether oxygens (including phenoxy) is 1. The van der Waals surface area contributed by atoms with Gasteiger partial charge in [0, 0.05) is 52.8 Å². The van der Waals surface area contributed by atoms with Crippen LogP contribution in [-0.2, 0) is 11.2 Å². The van der Waals surface area contributed by atoms with Crippen LogP contribution >= 0.6 is 11.6 Å². The number of halogens is 1. The number of aliphatic imine (C=N–C) groups is 1. The number of benzodiazepines with no additional fused rings is 1. The van der Waals surface area contributed by atoms with E-state index in [-0.39, 0.29) is 12.1 Å². The number of urea groups is 1. The Balaban J connectivity index is 1.59. The predicted molar refractivity (Wildman–Crippen MR) is 144 cm³/mol. The number of nitrogens with zero attached hydrogens (tertiary/aromatic N) is 1. The minimum atomic E-state index is -0.273. The second-order valence-corrected chi connectivity index (χ2v) is 8.61. The summed E-state index contributed by atoms with van der Waals surface area (Å²) in [5.74, 6) is 0. The second-order valence-electron chi connectivity index (χ2n) is 8.18. The average molecular weight is 489 g/mol. The van der Waals surface area contributed by atoms with E-state index < -0.39 is 0 Å². The summed E-state index contributed by atoms with van der Waals surface area (Å²) in [5, 5.41) is 9.69. The van der Waals surface area contributed by atoms with Gasteiger partial charge in [-0.2, -0.15) is 0 Å². The van der Waals surface area contributed by atoms with Crippen molar-refractivity contribution in [2.75, 3.05) is 30.4 Å². The summed E-state index contributed by atoms with van der Waals surface area (Å²) in [6, 6.07) is 23.2. The predicted octanol–water partition coefficient (Wildman–Crippen LogP) is 5.89. The summed E-state index contributed by atoms with van der Waals surface area (Å²) in [6.07, 6.45) is 0.722. The Morgan fingerprint density at radius 1 is 1.11 bits per heavy atom. The number of anilines is 2. The fraction of sp³-hybridized carbons (Fsp3) is 0.214. The lowest BCUT2D eigenvalue weighted by Crippen LogP contribution is -2.31. The van der Waals surface area contributed by atoms with Gasteiger partial charge in [0.1, 0.15) is 0 Å². The summed E-state index contributed by atoms with van der Waals surface area (Å²) in [4.78, 5) is 17.3. The van der Waals surface area contributed by atoms with Crippen molar-refractivity contribution in [3.63, 3.8) is 0 Å². The van der Waals surface area contributed by atoms with E-state index in [1.54, 1.807) is 0 Å². The van der Waals surface area contributed by atoms with Crippen LogP contribution in [0.4, 0.5) is 16.2 Å². The van der Waals surface area contributed by atoms with E-state index in [9.17, 15) is 4.79 Å². The molecule has 1 atom stereocenters. The van der Waals surface area contributed by atoms with Crippen LogP contribution in [0.2, 0.25) is 5.02 Å². The van der Waals surface area contributed by atoms with Crippen LogP contribution in [0, 0.1) is 0 Å². The largest absolute Gasteiger partial charge is 0.380 e. The molecule has 3 aromatic rings. The first-order valence-corrected chi connectivity index (χ1v) is 12.0. The Morgan fingerprint density at radius 3 is 2.63 bits per heavy atom. The van der Waals surface area contributed by atoms with Gasteiger partial charge in [0.15, 0.2) is 0 Å². The Morgan fingerprint density at radius 2 is 1.89 bits per heavy atom. The third-order valence-electron chi connectivity index (χ3n) is 5.64. The summed E-state index contributed by atoms with van der Waals surface area (Å²) in [5.41, 5.74) is 6.25. The smallest absolute Gasteiger partial charge is 0.319 e. The van der Waals surface area contributed by atoms with Crippen molar-refractivity contribution in [2.45, 2.75) is 19.4 Å². The zero-order valence-corrected chi connectivity index (χ0v) is 20.4. The van der Waals surface area contributed by atoms with Crippen molar-refractivity contribution >= 4 is 34.7 Å². The lowest BCUT2D eigenvalue weighted by molar-refractivity contribution is 0.150. The molecule has 3 aromatic carbocycles. The molecule has 4 rings (SSSR count). The molecule has 180 valence electrons. The van der Waals surface area contributed by atoms with E-state index >= 15 is 0 Å². The molecule has 0 saturated heterocycles. The third-order valence-corrected chi connectivity index (χ3v) is 5.88. The Hall–Kier alpha value is -3.61. The minimum absolute atomic E-state index is 0.160. The van der Waals surface area contributed by atoms with Gasteiger partial charge in [0.05, 0.1) is 18.4 Å². The molecule has 2 amide bonds. The molecule has 0 aromatic heterocycles. The second kappa shape index (κ2) is 11.7. The number of fused-ring (bicyclic) bond motifs is 1. The van der Waals surface area contributed by atoms with Crippen LogP contribution in [0.3, 0.4) is 0 Å². The fourth-order valence-corrected chi connectivity index (χ4v) is 4.06. The molecular formula is C28H29ClN4O2. The average Bonchev–Trinajstić information content (AvgIpc) is 2.99. The van der Waals surface area contributed by atoms with E-state index in [2.05, 4.69) is 34.7 Å². The SMILES string of the molecule is C=C1Nc2ccc(Cl)cc2C(c2ccc(NC(=O)NCCOCC)cc2)=NC1Cc1ccccc1. The molecule has 0 saturated carbocycles. The van der Waals surface area contributed by atoms with Crippen molar-refractivity contribution in [1.29, 1.82) is 0 Å². The molecule has 6 nitrogen and oxygen atoms in total. The number of amides is 2. The zero-order valence-electron chi connectivity index (χ0n) is 19.7. The molecule has 0 spiro atoms. The van der Waals surface area contributed by atoms with Crippen LogP contribution in [-0.4, -0.2) is 37.5 Å². The highest BCUT2D eigenvalue weighted by Gasteiger charge is 2.23. The highest BCUT2D eigenvalue weighted by molar-refractivity contribution is 6.31. The Labute approximate surface area is 211 Å². The van der Waals surface area contributed by atoms with Gasteiger partial charge in [0.25, 0.3) is 0 Å². The van der Waals surface area contributed by atoms with Crippen LogP contribution in [0.25, 0.3) is 0 Å². The van der Waals surface area contributed by atoms with Crippen LogP contribution in [0.5, 0.6) is 0 Å². The van der Waals surface area contributed by atoms with Gasteiger partial charge in [-0.25, -0.2) is 4.79 Å². The van der Waals surface area contributed by atoms with Gasteiger partial charge in [-0.15, -0.1) is 0 Å². The van der Waals surface area contributed by atoms with Crippen LogP contribution < -0.4 is 16.0 Å². The normalized spacial score (nSPS) is 14.9. The first-order chi connectivity index (χ1) is 17.0. The maximum absolute atomic E-state index is 12.1. The minimum Gasteiger partial charge on any atom is -0.380 e. The van der Waals surface area contributed by atoms with E-state index in [1.807, 2.05) is 67.6 Å². The lowest BCUT2D eigenvalue weighted by atomic mass is 10.00. The van der Waals surface area contributed by atoms with Crippen molar-refractivity contribution in [3.05, 3.63) is 107 Å². The highest BCUT2D eigenvalue weighted by atomic mass is 35.5. The maximum Gasteiger partial charge on any atom is 0.319 e. The topological polar surface area (TPSA) is 74.8 Å². The fourth-order valence-electron chi connectivity index (χ4n) is 3.88. The van der Waals surface area contributed by atoms with Crippen molar-refractivity contribution < 1.29 is 9.53 Å². The number of hydrogen-bond donors (Lipinski definition) is 3. The third kappa shape index (κ3) is 6.50. The number of carbonyl (C=O) groups is 1. The summed E-state index contributed by atoms with van der Waals surface area (Å²) >= 11 is 6.36. The summed E-state index contributed by atoms with van der Waals surface area (Å²) < 4.78 is 5.24. The molecule has 0 radical (unpaired) electrons. The molecule has 3 N–H and O–H groups in total. The molecule has 0 fully saturated rings. The quantitative estimate of drug-likeness (QED) is 0.346. The van der Waals surface area contributed by atoms with Crippen molar-refractivity contribution in [1.82, 2.24) is 5.32 Å². The molecule has 0 bridgehead atoms. The Bertz CT molecular complexity index is 1210. The van der Waals surface area contributed by atoms with E-state index in [4.69, 9.17) is 21.3 Å². The van der Waals surface area contributed by atoms with Crippen LogP contribution in [0.1, 0.15) is 23.6 Å². The molecule has 7 heteroatoms. The number of hydrogen-bond acceptors (Lipinski definition) is 4. The molecule has 1 unspecified atom stereocenters. The molecule has 35 heavy (non-hydrogen) atoms. The maximum atomic E-state index is 12.1. The first kappa shape index (κ1) is 24.5. The van der Waals surface area contributed by atoms with Gasteiger partial charge in [0.2, 0.25) is 0 Å². The molecule has 1 heterocycles. The van der Waals surface area contributed by atoms with Gasteiger partial charge in [-0.05, 0) is 42.8 Å². The van der Waals surface area contributed by atoms with Gasteiger partial charge in [-0.1, -0.05) is 60.6 Å². The number of carbonyl (C=O) groups excluding carboxylic acids is 1. The Kier molecular flexibility index (Phi) is 8.19. The molecular weight excluding hydrogens is 460 g/mol. The van der Waals surface area contributed by atoms with E-state index in [1.165, 1.54) is 5.56 Å². The van der Waals surface area contributed by atoms with Crippen molar-refractivity contribution in [3.8, 4) is 0 Å². The van der Waals surface area contributed by atoms with Gasteiger partial charge in [-0.3, -0.25) is 4.99 Å². The summed E-state index contributed by atoms with van der Waals surface area (Å²) in [6.45, 7) is 7.74. The van der Waals surface area contributed by atoms with E-state index in [0.717, 1.165) is 34.6 Å². The number of benzene rings is 3. The molecule has 0 aliphatic carbocycles. The summed E-state index contributed by atoms with van der Waals surface area (Å²) in [7, 11) is 0. The number of rotatable bonds is 8. The highest BCUT2D eigenvalue weighted by Crippen LogP contribution is 2.30. The monoisotopic (exact) mass is 488 g/mol. The van der Waals surface area contributed by atoms with E-state index in [0.29, 0.717) is 30.5 Å². The molecule has 1 aliphatic heterocycles. The number of nitrogens with one attached hydrogen (secondary N) is 3.